The van der Waals surface area contributed by atoms with Gasteiger partial charge in [0.25, 0.3) is 0 Å². The summed E-state index contributed by atoms with van der Waals surface area (Å²) in [6, 6.07) is 5.78. The molecule has 1 aromatic carbocycles. The van der Waals surface area contributed by atoms with Crippen LogP contribution in [-0.4, -0.2) is 113 Å². The second-order valence-corrected chi connectivity index (χ2v) is 14.6. The predicted octanol–water partition coefficient (Wildman–Crippen LogP) is 6.30. The van der Waals surface area contributed by atoms with Crippen molar-refractivity contribution in [3.05, 3.63) is 29.8 Å². The number of hydrogen-bond acceptors (Lipinski definition) is 5. The van der Waals surface area contributed by atoms with E-state index in [0.29, 0.717) is 0 Å². The highest BCUT2D eigenvalue weighted by molar-refractivity contribution is 7.89. The lowest BCUT2D eigenvalue weighted by Gasteiger charge is -2.42. The number of alkyl halides is 17. The molecule has 0 amide bonds. The molecule has 0 atom stereocenters. The van der Waals surface area contributed by atoms with E-state index in [9.17, 15) is 96.0 Å². The summed E-state index contributed by atoms with van der Waals surface area (Å²) >= 11 is 0. The van der Waals surface area contributed by atoms with Crippen molar-refractivity contribution in [3.63, 3.8) is 0 Å². The summed E-state index contributed by atoms with van der Waals surface area (Å²) in [4.78, 5) is -0.178. The molecule has 7 nitrogen and oxygen atoms in total. The van der Waals surface area contributed by atoms with Gasteiger partial charge >= 0.3 is 47.6 Å². The molecule has 1 aromatic rings. The third-order valence-corrected chi connectivity index (χ3v) is 8.34. The zero-order chi connectivity index (χ0) is 39.7. The number of quaternary nitrogens is 1. The molecule has 0 aliphatic heterocycles. The monoisotopic (exact) mass is 798 g/mol. The van der Waals surface area contributed by atoms with E-state index in [1.54, 1.807) is 33.3 Å². The van der Waals surface area contributed by atoms with Crippen LogP contribution in [0.1, 0.15) is 18.4 Å². The van der Waals surface area contributed by atoms with Crippen molar-refractivity contribution >= 4 is 20.1 Å². The Balaban J connectivity index is 0.00000175. The van der Waals surface area contributed by atoms with Crippen LogP contribution in [0, 0.1) is 6.92 Å². The molecule has 0 fully saturated rings. The summed E-state index contributed by atoms with van der Waals surface area (Å²) in [6.07, 6.45) is -10.9. The number of nitrogens with one attached hydrogen (secondary N) is 1. The minimum atomic E-state index is -8.72. The first-order valence-corrected chi connectivity index (χ1v) is 15.7. The Morgan fingerprint density at radius 2 is 1.00 bits per heavy atom. The third-order valence-electron chi connectivity index (χ3n) is 6.11. The molecule has 0 heterocycles. The van der Waals surface area contributed by atoms with Crippen LogP contribution >= 0.6 is 0 Å². The van der Waals surface area contributed by atoms with Crippen LogP contribution in [0.5, 0.6) is 0 Å². The molecule has 49 heavy (non-hydrogen) atoms. The maximum Gasteiger partial charge on any atom is 0.460 e. The molecule has 0 unspecified atom stereocenters. The van der Waals surface area contributed by atoms with Crippen LogP contribution in [0.25, 0.3) is 0 Å². The number of aryl methyl sites for hydroxylation is 1. The van der Waals surface area contributed by atoms with Gasteiger partial charge in [0.15, 0.2) is 0 Å². The molecule has 26 heteroatoms. The van der Waals surface area contributed by atoms with Crippen molar-refractivity contribution in [2.24, 2.45) is 0 Å². The molecule has 0 spiro atoms. The van der Waals surface area contributed by atoms with Crippen molar-refractivity contribution in [3.8, 4) is 0 Å². The van der Waals surface area contributed by atoms with Gasteiger partial charge in [-0.3, -0.25) is 0 Å². The number of halogens is 17. The second kappa shape index (κ2) is 14.4. The van der Waals surface area contributed by atoms with Crippen molar-refractivity contribution in [1.29, 1.82) is 0 Å². The fraction of sp³-hybridized carbons (Fsp3) is 0.739. The summed E-state index contributed by atoms with van der Waals surface area (Å²) in [5.41, 5.74) is 0.928. The molecule has 0 saturated carbocycles. The maximum atomic E-state index is 13.8. The highest BCUT2D eigenvalue weighted by atomic mass is 32.2. The van der Waals surface area contributed by atoms with Gasteiger partial charge in [0.2, 0.25) is 10.0 Å². The van der Waals surface area contributed by atoms with E-state index < -0.39 is 86.5 Å². The van der Waals surface area contributed by atoms with Crippen LogP contribution in [-0.2, 0) is 20.1 Å². The molecular formula is C23H27F17N2O5S2. The van der Waals surface area contributed by atoms with Gasteiger partial charge < -0.3 is 9.04 Å². The Morgan fingerprint density at radius 1 is 0.633 bits per heavy atom. The van der Waals surface area contributed by atoms with Gasteiger partial charge in [-0.25, -0.2) is 21.6 Å². The lowest BCUT2D eigenvalue weighted by atomic mass is 9.88. The Labute approximate surface area is 267 Å². The second-order valence-electron chi connectivity index (χ2n) is 11.2. The molecular weight excluding hydrogens is 771 g/mol. The third kappa shape index (κ3) is 10.2. The highest BCUT2D eigenvalue weighted by Gasteiger charge is 2.95. The molecule has 0 bridgehead atoms. The molecule has 0 aromatic heterocycles. The van der Waals surface area contributed by atoms with Crippen LogP contribution < -0.4 is 4.72 Å². The van der Waals surface area contributed by atoms with Gasteiger partial charge in [0.1, 0.15) is 10.1 Å². The Bertz CT molecular complexity index is 1470. The van der Waals surface area contributed by atoms with Crippen LogP contribution in [0.15, 0.2) is 29.2 Å². The first kappa shape index (κ1) is 46.8. The zero-order valence-corrected chi connectivity index (χ0v) is 26.7. The summed E-state index contributed by atoms with van der Waals surface area (Å²) in [6.45, 7) is 1.52. The minimum Gasteiger partial charge on any atom is -0.744 e. The number of benzene rings is 1. The van der Waals surface area contributed by atoms with Gasteiger partial charge in [0.05, 0.1) is 38.3 Å². The predicted molar refractivity (Wildman–Crippen MR) is 134 cm³/mol. The van der Waals surface area contributed by atoms with E-state index in [0.717, 1.165) is 5.56 Å². The summed E-state index contributed by atoms with van der Waals surface area (Å²) in [5, 5.41) is 0. The van der Waals surface area contributed by atoms with Crippen LogP contribution in [0.3, 0.4) is 0 Å². The molecule has 290 valence electrons. The van der Waals surface area contributed by atoms with Gasteiger partial charge in [-0.1, -0.05) is 17.7 Å². The molecule has 1 N–H and O–H groups in total. The quantitative estimate of drug-likeness (QED) is 0.0972. The van der Waals surface area contributed by atoms with E-state index in [4.69, 9.17) is 0 Å². The number of hydrogen-bond donors (Lipinski definition) is 1. The maximum absolute atomic E-state index is 13.8. The summed E-state index contributed by atoms with van der Waals surface area (Å²) < 4.78 is 280. The average molecular weight is 799 g/mol. The minimum absolute atomic E-state index is 0.00850. The summed E-state index contributed by atoms with van der Waals surface area (Å²) in [7, 11) is -4.46. The SMILES string of the molecule is C[N+](C)(C)CCCNS(=O)(=O)CCC(F)(F)C(F)(F)C(F)(F)C(F)(F)C(F)(F)C(F)(F)C(F)(F)C(F)(F)F.Cc1ccc(S(=O)(=O)[O-])cc1. The first-order valence-electron chi connectivity index (χ1n) is 12.7. The van der Waals surface area contributed by atoms with Crippen molar-refractivity contribution in [2.45, 2.75) is 72.3 Å². The van der Waals surface area contributed by atoms with Gasteiger partial charge in [-0.05, 0) is 19.1 Å². The van der Waals surface area contributed by atoms with E-state index >= 15 is 0 Å². The average Bonchev–Trinajstić information content (AvgIpc) is 2.88. The molecule has 0 radical (unpaired) electrons. The Morgan fingerprint density at radius 3 is 1.35 bits per heavy atom. The van der Waals surface area contributed by atoms with E-state index in [1.165, 1.54) is 16.9 Å². The largest absolute Gasteiger partial charge is 0.744 e. The Kier molecular flexibility index (Phi) is 13.8. The Hall–Kier alpha value is -2.19. The van der Waals surface area contributed by atoms with E-state index in [1.807, 2.05) is 6.92 Å². The topological polar surface area (TPSA) is 103 Å². The summed E-state index contributed by atoms with van der Waals surface area (Å²) in [5.74, 6) is -59.6. The molecule has 1 rings (SSSR count). The number of sulfonamides is 1. The fourth-order valence-corrected chi connectivity index (χ4v) is 4.77. The lowest BCUT2D eigenvalue weighted by Crippen LogP contribution is -2.74. The van der Waals surface area contributed by atoms with Crippen LogP contribution in [0.2, 0.25) is 0 Å². The molecule has 0 aliphatic rings. The zero-order valence-electron chi connectivity index (χ0n) is 25.1. The van der Waals surface area contributed by atoms with Crippen molar-refractivity contribution in [1.82, 2.24) is 4.72 Å². The standard InChI is InChI=1S/C16H20F17N2O2S.C7H8O3S/c1-35(2,3)7-4-6-34-38(36,37)8-5-9(17,18)10(19,20)11(21,22)12(23,24)13(25,26)14(27,28)15(29,30)16(31,32)33;1-6-2-4-7(5-3-6)11(8,9)10/h34H,4-8H2,1-3H3;2-5H,1H3,(H,8,9,10)/q+1;/p-1. The van der Waals surface area contributed by atoms with Gasteiger partial charge in [-0.15, -0.1) is 0 Å². The molecule has 0 aliphatic carbocycles. The molecule has 0 saturated heterocycles. The van der Waals surface area contributed by atoms with E-state index in [2.05, 4.69) is 0 Å². The van der Waals surface area contributed by atoms with Crippen molar-refractivity contribution < 1.29 is 101 Å². The van der Waals surface area contributed by atoms with Crippen LogP contribution in [0.4, 0.5) is 74.6 Å². The van der Waals surface area contributed by atoms with Gasteiger partial charge in [0, 0.05) is 19.4 Å². The van der Waals surface area contributed by atoms with E-state index in [-0.39, 0.29) is 22.3 Å². The fourth-order valence-electron chi connectivity index (χ4n) is 3.17. The normalized spacial score (nSPS) is 15.1. The smallest absolute Gasteiger partial charge is 0.460 e. The lowest BCUT2D eigenvalue weighted by molar-refractivity contribution is -0.870. The first-order chi connectivity index (χ1) is 21.2. The highest BCUT2D eigenvalue weighted by Crippen LogP contribution is 2.64. The van der Waals surface area contributed by atoms with Crippen molar-refractivity contribution in [2.75, 3.05) is 40.0 Å². The number of rotatable bonds is 15. The van der Waals surface area contributed by atoms with Gasteiger partial charge in [-0.2, -0.15) is 74.6 Å². The number of nitrogens with zero attached hydrogens (tertiary/aromatic N) is 1.